The number of carbonyl (C=O) groups is 1. The van der Waals surface area contributed by atoms with Crippen LogP contribution in [0.4, 0.5) is 5.82 Å². The SMILES string of the molecule is CCCNc1nc(SCC)nc2c1cnn2CCNC(=O)c1ccc(C(C)(C)C)cc1. The molecular weight excluding hydrogens is 408 g/mol. The zero-order chi connectivity index (χ0) is 22.4. The van der Waals surface area contributed by atoms with Crippen molar-refractivity contribution in [2.45, 2.75) is 58.2 Å². The fourth-order valence-corrected chi connectivity index (χ4v) is 3.73. The average Bonchev–Trinajstić information content (AvgIpc) is 3.14. The highest BCUT2D eigenvalue weighted by atomic mass is 32.2. The van der Waals surface area contributed by atoms with Crippen molar-refractivity contribution in [2.24, 2.45) is 0 Å². The number of rotatable bonds is 9. The summed E-state index contributed by atoms with van der Waals surface area (Å²) in [5.74, 6) is 1.63. The molecule has 0 radical (unpaired) electrons. The maximum Gasteiger partial charge on any atom is 0.251 e. The Balaban J connectivity index is 1.69. The highest BCUT2D eigenvalue weighted by Gasteiger charge is 2.15. The molecule has 0 fully saturated rings. The lowest BCUT2D eigenvalue weighted by Gasteiger charge is -2.19. The first-order valence-electron chi connectivity index (χ1n) is 10.8. The van der Waals surface area contributed by atoms with E-state index in [0.717, 1.165) is 40.7 Å². The Kier molecular flexibility index (Phi) is 7.54. The summed E-state index contributed by atoms with van der Waals surface area (Å²) in [7, 11) is 0. The van der Waals surface area contributed by atoms with Gasteiger partial charge in [0.05, 0.1) is 18.1 Å². The Hall–Kier alpha value is -2.61. The van der Waals surface area contributed by atoms with E-state index < -0.39 is 0 Å². The lowest BCUT2D eigenvalue weighted by atomic mass is 9.87. The van der Waals surface area contributed by atoms with Crippen molar-refractivity contribution in [3.63, 3.8) is 0 Å². The van der Waals surface area contributed by atoms with Crippen molar-refractivity contribution in [3.8, 4) is 0 Å². The number of benzene rings is 1. The number of amides is 1. The molecule has 0 saturated heterocycles. The summed E-state index contributed by atoms with van der Waals surface area (Å²) in [5, 5.41) is 12.5. The molecule has 0 atom stereocenters. The lowest BCUT2D eigenvalue weighted by molar-refractivity contribution is 0.0952. The third-order valence-corrected chi connectivity index (χ3v) is 5.64. The number of carbonyl (C=O) groups excluding carboxylic acids is 1. The van der Waals surface area contributed by atoms with Crippen LogP contribution in [0.25, 0.3) is 11.0 Å². The predicted molar refractivity (Wildman–Crippen MR) is 128 cm³/mol. The minimum Gasteiger partial charge on any atom is -0.369 e. The van der Waals surface area contributed by atoms with Crippen molar-refractivity contribution in [3.05, 3.63) is 41.6 Å². The molecule has 3 rings (SSSR count). The third-order valence-electron chi connectivity index (χ3n) is 4.91. The van der Waals surface area contributed by atoms with Gasteiger partial charge in [0.15, 0.2) is 10.8 Å². The van der Waals surface area contributed by atoms with E-state index in [-0.39, 0.29) is 11.3 Å². The maximum absolute atomic E-state index is 12.5. The van der Waals surface area contributed by atoms with Gasteiger partial charge in [-0.2, -0.15) is 5.10 Å². The van der Waals surface area contributed by atoms with Gasteiger partial charge in [-0.3, -0.25) is 4.79 Å². The van der Waals surface area contributed by atoms with Gasteiger partial charge < -0.3 is 10.6 Å². The topological polar surface area (TPSA) is 84.7 Å². The molecule has 0 aliphatic heterocycles. The van der Waals surface area contributed by atoms with Crippen LogP contribution in [0.2, 0.25) is 0 Å². The van der Waals surface area contributed by atoms with Crippen LogP contribution < -0.4 is 10.6 Å². The predicted octanol–water partition coefficient (Wildman–Crippen LogP) is 4.49. The van der Waals surface area contributed by atoms with Crippen molar-refractivity contribution in [2.75, 3.05) is 24.2 Å². The number of hydrogen-bond acceptors (Lipinski definition) is 6. The van der Waals surface area contributed by atoms with Crippen LogP contribution in [0.3, 0.4) is 0 Å². The van der Waals surface area contributed by atoms with E-state index in [0.29, 0.717) is 18.7 Å². The van der Waals surface area contributed by atoms with Crippen LogP contribution in [0.15, 0.2) is 35.6 Å². The zero-order valence-corrected chi connectivity index (χ0v) is 19.8. The number of aromatic nitrogens is 4. The first-order valence-corrected chi connectivity index (χ1v) is 11.8. The number of hydrogen-bond donors (Lipinski definition) is 2. The normalized spacial score (nSPS) is 11.6. The van der Waals surface area contributed by atoms with Crippen molar-refractivity contribution < 1.29 is 4.79 Å². The molecule has 2 aromatic heterocycles. The van der Waals surface area contributed by atoms with E-state index in [9.17, 15) is 4.79 Å². The standard InChI is InChI=1S/C23H32N6OS/c1-6-12-24-19-18-15-26-29(20(18)28-22(27-19)31-7-2)14-13-25-21(30)16-8-10-17(11-9-16)23(3,4)5/h8-11,15H,6-7,12-14H2,1-5H3,(H,25,30)(H,24,27,28). The lowest BCUT2D eigenvalue weighted by Crippen LogP contribution is -2.27. The minimum absolute atomic E-state index is 0.0672. The molecule has 0 aliphatic carbocycles. The summed E-state index contributed by atoms with van der Waals surface area (Å²) in [4.78, 5) is 21.8. The number of thioether (sulfide) groups is 1. The van der Waals surface area contributed by atoms with E-state index in [4.69, 9.17) is 0 Å². The summed E-state index contributed by atoms with van der Waals surface area (Å²) in [6.45, 7) is 12.5. The number of anilines is 1. The third kappa shape index (κ3) is 5.76. The smallest absolute Gasteiger partial charge is 0.251 e. The van der Waals surface area contributed by atoms with Gasteiger partial charge in [0, 0.05) is 18.7 Å². The quantitative estimate of drug-likeness (QED) is 0.377. The van der Waals surface area contributed by atoms with Crippen LogP contribution in [0.5, 0.6) is 0 Å². The first kappa shape index (κ1) is 23.1. The summed E-state index contributed by atoms with van der Waals surface area (Å²) in [6.07, 6.45) is 2.80. The van der Waals surface area contributed by atoms with Crippen LogP contribution in [-0.4, -0.2) is 44.5 Å². The molecule has 0 aliphatic rings. The number of nitrogens with one attached hydrogen (secondary N) is 2. The second kappa shape index (κ2) is 10.1. The minimum atomic E-state index is -0.0842. The van der Waals surface area contributed by atoms with Crippen LogP contribution in [0.1, 0.15) is 57.0 Å². The van der Waals surface area contributed by atoms with E-state index in [1.54, 1.807) is 18.0 Å². The van der Waals surface area contributed by atoms with Crippen molar-refractivity contribution in [1.82, 2.24) is 25.1 Å². The fraction of sp³-hybridized carbons (Fsp3) is 0.478. The van der Waals surface area contributed by atoms with E-state index in [1.807, 2.05) is 28.9 Å². The van der Waals surface area contributed by atoms with Gasteiger partial charge >= 0.3 is 0 Å². The van der Waals surface area contributed by atoms with E-state index in [2.05, 4.69) is 60.3 Å². The first-order chi connectivity index (χ1) is 14.8. The van der Waals surface area contributed by atoms with E-state index in [1.165, 1.54) is 5.56 Å². The molecular formula is C23H32N6OS. The molecule has 0 unspecified atom stereocenters. The van der Waals surface area contributed by atoms with Gasteiger partial charge in [0.1, 0.15) is 5.82 Å². The van der Waals surface area contributed by atoms with Crippen LogP contribution in [-0.2, 0) is 12.0 Å². The molecule has 1 amide bonds. The molecule has 166 valence electrons. The highest BCUT2D eigenvalue weighted by Crippen LogP contribution is 2.24. The summed E-state index contributed by atoms with van der Waals surface area (Å²) in [5.41, 5.74) is 2.72. The molecule has 7 nitrogen and oxygen atoms in total. The second-order valence-corrected chi connectivity index (χ2v) is 9.63. The van der Waals surface area contributed by atoms with Crippen LogP contribution >= 0.6 is 11.8 Å². The molecule has 0 bridgehead atoms. The fourth-order valence-electron chi connectivity index (χ4n) is 3.17. The van der Waals surface area contributed by atoms with Gasteiger partial charge in [-0.05, 0) is 35.3 Å². The Bertz CT molecular complexity index is 1020. The second-order valence-electron chi connectivity index (χ2n) is 8.40. The van der Waals surface area contributed by atoms with E-state index >= 15 is 0 Å². The molecule has 31 heavy (non-hydrogen) atoms. The van der Waals surface area contributed by atoms with Gasteiger partial charge in [0.2, 0.25) is 0 Å². The molecule has 8 heteroatoms. The monoisotopic (exact) mass is 440 g/mol. The van der Waals surface area contributed by atoms with Gasteiger partial charge in [-0.1, -0.05) is 58.5 Å². The summed E-state index contributed by atoms with van der Waals surface area (Å²) >= 11 is 1.61. The zero-order valence-electron chi connectivity index (χ0n) is 19.0. The van der Waals surface area contributed by atoms with Gasteiger partial charge in [-0.15, -0.1) is 0 Å². The van der Waals surface area contributed by atoms with Crippen molar-refractivity contribution in [1.29, 1.82) is 0 Å². The van der Waals surface area contributed by atoms with Gasteiger partial charge in [0.25, 0.3) is 5.91 Å². The Morgan fingerprint density at radius 2 is 1.84 bits per heavy atom. The summed E-state index contributed by atoms with van der Waals surface area (Å²) < 4.78 is 1.83. The Morgan fingerprint density at radius 1 is 1.10 bits per heavy atom. The highest BCUT2D eigenvalue weighted by molar-refractivity contribution is 7.99. The molecule has 0 spiro atoms. The number of nitrogens with zero attached hydrogens (tertiary/aromatic N) is 4. The van der Waals surface area contributed by atoms with Crippen molar-refractivity contribution >= 4 is 34.5 Å². The average molecular weight is 441 g/mol. The van der Waals surface area contributed by atoms with Crippen LogP contribution in [0, 0.1) is 0 Å². The summed E-state index contributed by atoms with van der Waals surface area (Å²) in [6, 6.07) is 7.80. The molecule has 2 N–H and O–H groups in total. The van der Waals surface area contributed by atoms with Gasteiger partial charge in [-0.25, -0.2) is 14.6 Å². The molecule has 2 heterocycles. The maximum atomic E-state index is 12.5. The molecule has 3 aromatic rings. The molecule has 0 saturated carbocycles. The largest absolute Gasteiger partial charge is 0.369 e. The Morgan fingerprint density at radius 3 is 2.48 bits per heavy atom. The number of fused-ring (bicyclic) bond motifs is 1. The molecule has 1 aromatic carbocycles. The Labute approximate surface area is 188 Å².